The van der Waals surface area contributed by atoms with E-state index in [2.05, 4.69) is 21.2 Å². The van der Waals surface area contributed by atoms with E-state index < -0.39 is 6.04 Å². The van der Waals surface area contributed by atoms with Crippen molar-refractivity contribution in [1.29, 1.82) is 0 Å². The van der Waals surface area contributed by atoms with Crippen molar-refractivity contribution >= 4 is 22.6 Å². The number of aryl methyl sites for hydroxylation is 1. The molecule has 0 aromatic carbocycles. The van der Waals surface area contributed by atoms with Crippen LogP contribution in [-0.4, -0.2) is 52.4 Å². The van der Waals surface area contributed by atoms with Crippen LogP contribution in [0.25, 0.3) is 0 Å². The van der Waals surface area contributed by atoms with E-state index in [4.69, 9.17) is 5.73 Å². The summed E-state index contributed by atoms with van der Waals surface area (Å²) >= 11 is 1.45. The van der Waals surface area contributed by atoms with Crippen LogP contribution in [0.5, 0.6) is 0 Å². The zero-order valence-corrected chi connectivity index (χ0v) is 13.9. The van der Waals surface area contributed by atoms with Gasteiger partial charge in [0.05, 0.1) is 6.04 Å². The second-order valence-corrected chi connectivity index (χ2v) is 6.51. The van der Waals surface area contributed by atoms with E-state index >= 15 is 0 Å². The van der Waals surface area contributed by atoms with Gasteiger partial charge >= 0.3 is 0 Å². The molecule has 1 aromatic heterocycles. The van der Waals surface area contributed by atoms with Gasteiger partial charge in [0.1, 0.15) is 5.82 Å². The fraction of sp³-hybridized carbons (Fsp3) is 0.786. The van der Waals surface area contributed by atoms with E-state index in [1.165, 1.54) is 11.5 Å². The molecule has 118 valence electrons. The van der Waals surface area contributed by atoms with Crippen molar-refractivity contribution in [3.8, 4) is 0 Å². The van der Waals surface area contributed by atoms with E-state index in [0.717, 1.165) is 43.4 Å². The average Bonchev–Trinajstić information content (AvgIpc) is 2.82. The maximum absolute atomic E-state index is 12.3. The molecular formula is C14H25N5OS. The molecule has 1 aliphatic rings. The van der Waals surface area contributed by atoms with Crippen LogP contribution in [0, 0.1) is 5.92 Å². The molecule has 6 nitrogen and oxygen atoms in total. The largest absolute Gasteiger partial charge is 0.345 e. The van der Waals surface area contributed by atoms with Crippen molar-refractivity contribution in [2.24, 2.45) is 11.7 Å². The van der Waals surface area contributed by atoms with E-state index in [0.29, 0.717) is 6.54 Å². The van der Waals surface area contributed by atoms with Crippen LogP contribution in [0.2, 0.25) is 0 Å². The Morgan fingerprint density at radius 3 is 2.71 bits per heavy atom. The van der Waals surface area contributed by atoms with Crippen LogP contribution in [-0.2, 0) is 11.2 Å². The van der Waals surface area contributed by atoms with Crippen molar-refractivity contribution in [3.63, 3.8) is 0 Å². The zero-order valence-electron chi connectivity index (χ0n) is 13.1. The van der Waals surface area contributed by atoms with E-state index in [-0.39, 0.29) is 11.8 Å². The predicted molar refractivity (Wildman–Crippen MR) is 85.5 cm³/mol. The summed E-state index contributed by atoms with van der Waals surface area (Å²) in [7, 11) is 0. The van der Waals surface area contributed by atoms with Gasteiger partial charge in [-0.3, -0.25) is 4.79 Å². The molecular weight excluding hydrogens is 286 g/mol. The lowest BCUT2D eigenvalue weighted by Gasteiger charge is -2.26. The van der Waals surface area contributed by atoms with Gasteiger partial charge in [-0.25, -0.2) is 4.98 Å². The van der Waals surface area contributed by atoms with Crippen LogP contribution in [0.3, 0.4) is 0 Å². The number of nitrogens with zero attached hydrogens (tertiary/aromatic N) is 4. The molecule has 1 saturated heterocycles. The van der Waals surface area contributed by atoms with E-state index in [9.17, 15) is 4.79 Å². The van der Waals surface area contributed by atoms with Gasteiger partial charge in [0.15, 0.2) is 0 Å². The molecule has 7 heteroatoms. The van der Waals surface area contributed by atoms with E-state index in [1.807, 2.05) is 18.7 Å². The highest BCUT2D eigenvalue weighted by Gasteiger charge is 2.26. The molecule has 1 aliphatic heterocycles. The van der Waals surface area contributed by atoms with Crippen LogP contribution in [0.4, 0.5) is 5.13 Å². The molecule has 0 spiro atoms. The molecule has 2 N–H and O–H groups in total. The summed E-state index contributed by atoms with van der Waals surface area (Å²) in [5.74, 6) is 1.14. The summed E-state index contributed by atoms with van der Waals surface area (Å²) in [5.41, 5.74) is 5.98. The van der Waals surface area contributed by atoms with Gasteiger partial charge in [0.2, 0.25) is 11.0 Å². The molecule has 0 aliphatic carbocycles. The first kappa shape index (κ1) is 16.2. The molecule has 0 bridgehead atoms. The van der Waals surface area contributed by atoms with Crippen molar-refractivity contribution in [3.05, 3.63) is 5.82 Å². The average molecular weight is 311 g/mol. The Morgan fingerprint density at radius 1 is 1.33 bits per heavy atom. The lowest BCUT2D eigenvalue weighted by Crippen LogP contribution is -2.47. The number of rotatable bonds is 4. The minimum Gasteiger partial charge on any atom is -0.345 e. The third-order valence-electron chi connectivity index (χ3n) is 3.86. The number of carbonyl (C=O) groups excluding carboxylic acids is 1. The van der Waals surface area contributed by atoms with Crippen LogP contribution in [0.15, 0.2) is 0 Å². The maximum atomic E-state index is 12.3. The first-order valence-electron chi connectivity index (χ1n) is 7.64. The number of carbonyl (C=O) groups is 1. The smallest absolute Gasteiger partial charge is 0.239 e. The first-order valence-corrected chi connectivity index (χ1v) is 8.42. The molecule has 1 fully saturated rings. The van der Waals surface area contributed by atoms with Gasteiger partial charge in [-0.1, -0.05) is 20.8 Å². The molecule has 1 aromatic rings. The summed E-state index contributed by atoms with van der Waals surface area (Å²) < 4.78 is 4.33. The van der Waals surface area contributed by atoms with Crippen molar-refractivity contribution < 1.29 is 4.79 Å². The standard InChI is InChI=1S/C14H25N5OS/c1-4-11-16-14(21-17-11)19-7-5-6-18(8-9-19)13(20)12(15)10(2)3/h10,12H,4-9,15H2,1-3H3/t12-/m0/s1. The molecule has 2 rings (SSSR count). The number of hydrogen-bond acceptors (Lipinski definition) is 6. The fourth-order valence-corrected chi connectivity index (χ4v) is 3.14. The number of aromatic nitrogens is 2. The fourth-order valence-electron chi connectivity index (χ4n) is 2.34. The predicted octanol–water partition coefficient (Wildman–Crippen LogP) is 1.12. The van der Waals surface area contributed by atoms with Gasteiger partial charge in [-0.05, 0) is 12.3 Å². The Morgan fingerprint density at radius 2 is 2.10 bits per heavy atom. The molecule has 21 heavy (non-hydrogen) atoms. The molecule has 0 saturated carbocycles. The molecule has 1 amide bonds. The minimum absolute atomic E-state index is 0.0679. The SMILES string of the molecule is CCc1nsc(N2CCCN(C(=O)[C@@H](N)C(C)C)CC2)n1. The van der Waals surface area contributed by atoms with Crippen LogP contribution >= 0.6 is 11.5 Å². The summed E-state index contributed by atoms with van der Waals surface area (Å²) in [6, 6.07) is -0.398. The van der Waals surface area contributed by atoms with Crippen molar-refractivity contribution in [2.75, 3.05) is 31.1 Å². The van der Waals surface area contributed by atoms with E-state index in [1.54, 1.807) is 0 Å². The highest BCUT2D eigenvalue weighted by Crippen LogP contribution is 2.19. The summed E-state index contributed by atoms with van der Waals surface area (Å²) in [4.78, 5) is 21.0. The van der Waals surface area contributed by atoms with Crippen LogP contribution < -0.4 is 10.6 Å². The Bertz CT molecular complexity index is 476. The number of anilines is 1. The Labute approximate surface area is 130 Å². The summed E-state index contributed by atoms with van der Waals surface area (Å²) in [6.07, 6.45) is 1.80. The second kappa shape index (κ2) is 7.17. The lowest BCUT2D eigenvalue weighted by molar-refractivity contribution is -0.133. The highest BCUT2D eigenvalue weighted by molar-refractivity contribution is 7.09. The first-order chi connectivity index (χ1) is 10.0. The van der Waals surface area contributed by atoms with Crippen LogP contribution in [0.1, 0.15) is 33.0 Å². The summed E-state index contributed by atoms with van der Waals surface area (Å²) in [6.45, 7) is 9.23. The Kier molecular flexibility index (Phi) is 5.52. The molecule has 1 atom stereocenters. The van der Waals surface area contributed by atoms with Gasteiger partial charge in [0.25, 0.3) is 0 Å². The Balaban J connectivity index is 1.97. The highest BCUT2D eigenvalue weighted by atomic mass is 32.1. The third-order valence-corrected chi connectivity index (χ3v) is 4.67. The Hall–Kier alpha value is -1.21. The number of hydrogen-bond donors (Lipinski definition) is 1. The number of amides is 1. The monoisotopic (exact) mass is 311 g/mol. The lowest BCUT2D eigenvalue weighted by atomic mass is 10.0. The molecule has 0 unspecified atom stereocenters. The van der Waals surface area contributed by atoms with Crippen molar-refractivity contribution in [1.82, 2.24) is 14.3 Å². The molecule has 2 heterocycles. The van der Waals surface area contributed by atoms with Gasteiger partial charge in [-0.15, -0.1) is 0 Å². The van der Waals surface area contributed by atoms with Gasteiger partial charge in [0, 0.05) is 44.1 Å². The number of nitrogens with two attached hydrogens (primary N) is 1. The maximum Gasteiger partial charge on any atom is 0.239 e. The summed E-state index contributed by atoms with van der Waals surface area (Å²) in [5, 5.41) is 0.967. The van der Waals surface area contributed by atoms with Gasteiger partial charge < -0.3 is 15.5 Å². The molecule has 0 radical (unpaired) electrons. The minimum atomic E-state index is -0.398. The quantitative estimate of drug-likeness (QED) is 0.902. The van der Waals surface area contributed by atoms with Gasteiger partial charge in [-0.2, -0.15) is 4.37 Å². The second-order valence-electron chi connectivity index (χ2n) is 5.78. The topological polar surface area (TPSA) is 75.4 Å². The normalized spacial score (nSPS) is 18.0. The van der Waals surface area contributed by atoms with Crippen molar-refractivity contribution in [2.45, 2.75) is 39.7 Å². The zero-order chi connectivity index (χ0) is 15.4. The third kappa shape index (κ3) is 3.91.